The third-order valence-electron chi connectivity index (χ3n) is 3.32. The summed E-state index contributed by atoms with van der Waals surface area (Å²) in [5.74, 6) is -1.60. The van der Waals surface area contributed by atoms with Crippen LogP contribution in [0.5, 0.6) is 0 Å². The number of ether oxygens (including phenoxy) is 1. The van der Waals surface area contributed by atoms with Crippen molar-refractivity contribution in [3.05, 3.63) is 29.8 Å². The van der Waals surface area contributed by atoms with Crippen LogP contribution >= 0.6 is 11.8 Å². The van der Waals surface area contributed by atoms with Gasteiger partial charge in [0.1, 0.15) is 5.92 Å². The van der Waals surface area contributed by atoms with Crippen molar-refractivity contribution >= 4 is 46.1 Å². The van der Waals surface area contributed by atoms with E-state index >= 15 is 0 Å². The second-order valence-electron chi connectivity index (χ2n) is 5.38. The first-order valence-electron chi connectivity index (χ1n) is 7.74. The molecule has 0 saturated carbocycles. The van der Waals surface area contributed by atoms with E-state index in [1.807, 2.05) is 25.1 Å². The molecule has 0 aliphatic carbocycles. The standard InChI is InChI=1S/C17H19N3O4S/c1-4-24-16(22)14-11(3)18-17(23)20-15(14)25-9-13(21)19-12-7-5-6-10(2)8-12/h5-8,14H,4,9H2,1-3H3,(H,19,21). The minimum atomic E-state index is -0.839. The molecule has 1 aliphatic heterocycles. The molecule has 1 N–H and O–H groups in total. The predicted molar refractivity (Wildman–Crippen MR) is 98.3 cm³/mol. The lowest BCUT2D eigenvalue weighted by Crippen LogP contribution is -2.34. The van der Waals surface area contributed by atoms with Gasteiger partial charge in [-0.1, -0.05) is 23.9 Å². The van der Waals surface area contributed by atoms with Gasteiger partial charge in [0.05, 0.1) is 17.4 Å². The number of rotatable bonds is 5. The molecule has 1 aromatic rings. The number of amides is 3. The Bertz CT molecular complexity index is 758. The van der Waals surface area contributed by atoms with Crippen LogP contribution in [0.25, 0.3) is 0 Å². The van der Waals surface area contributed by atoms with Crippen LogP contribution in [0.3, 0.4) is 0 Å². The summed E-state index contributed by atoms with van der Waals surface area (Å²) in [7, 11) is 0. The Hall–Kier alpha value is -2.48. The smallest absolute Gasteiger partial charge is 0.367 e. The molecule has 1 heterocycles. The molecule has 1 aliphatic rings. The van der Waals surface area contributed by atoms with E-state index in [0.717, 1.165) is 17.3 Å². The largest absolute Gasteiger partial charge is 0.465 e. The number of carbonyl (C=O) groups is 3. The lowest BCUT2D eigenvalue weighted by atomic mass is 10.1. The number of nitrogens with one attached hydrogen (secondary N) is 1. The van der Waals surface area contributed by atoms with Gasteiger partial charge in [-0.05, 0) is 38.5 Å². The summed E-state index contributed by atoms with van der Waals surface area (Å²) in [6.07, 6.45) is 0. The summed E-state index contributed by atoms with van der Waals surface area (Å²) in [6.45, 7) is 5.40. The average Bonchev–Trinajstić information content (AvgIpc) is 2.52. The SMILES string of the molecule is CCOC(=O)C1C(C)=NC(=O)N=C1SCC(=O)Nc1cccc(C)c1. The van der Waals surface area contributed by atoms with Crippen molar-refractivity contribution in [2.45, 2.75) is 20.8 Å². The third-order valence-corrected chi connectivity index (χ3v) is 4.35. The Kier molecular flexibility index (Phi) is 6.46. The molecule has 0 aromatic heterocycles. The first-order valence-corrected chi connectivity index (χ1v) is 8.73. The van der Waals surface area contributed by atoms with E-state index in [0.29, 0.717) is 11.4 Å². The highest BCUT2D eigenvalue weighted by Crippen LogP contribution is 2.22. The predicted octanol–water partition coefficient (Wildman–Crippen LogP) is 2.84. The Morgan fingerprint density at radius 3 is 2.72 bits per heavy atom. The fourth-order valence-electron chi connectivity index (χ4n) is 2.25. The van der Waals surface area contributed by atoms with Crippen LogP contribution in [0.4, 0.5) is 10.5 Å². The second-order valence-corrected chi connectivity index (χ2v) is 6.37. The van der Waals surface area contributed by atoms with Crippen molar-refractivity contribution in [3.8, 4) is 0 Å². The highest BCUT2D eigenvalue weighted by atomic mass is 32.2. The fourth-order valence-corrected chi connectivity index (χ4v) is 3.18. The molecule has 2 rings (SSSR count). The molecule has 1 aromatic carbocycles. The summed E-state index contributed by atoms with van der Waals surface area (Å²) >= 11 is 1.03. The zero-order valence-corrected chi connectivity index (χ0v) is 15.1. The quantitative estimate of drug-likeness (QED) is 0.813. The van der Waals surface area contributed by atoms with Crippen LogP contribution in [-0.2, 0) is 14.3 Å². The number of hydrogen-bond donors (Lipinski definition) is 1. The number of anilines is 1. The van der Waals surface area contributed by atoms with Gasteiger partial charge in [0.25, 0.3) is 0 Å². The van der Waals surface area contributed by atoms with Gasteiger partial charge in [-0.25, -0.2) is 4.79 Å². The minimum Gasteiger partial charge on any atom is -0.465 e. The number of aryl methyl sites for hydroxylation is 1. The number of aliphatic imine (C=N–C) groups is 2. The average molecular weight is 361 g/mol. The number of esters is 1. The Morgan fingerprint density at radius 2 is 2.04 bits per heavy atom. The molecule has 0 bridgehead atoms. The maximum atomic E-state index is 12.1. The van der Waals surface area contributed by atoms with E-state index in [1.165, 1.54) is 0 Å². The van der Waals surface area contributed by atoms with Gasteiger partial charge < -0.3 is 10.1 Å². The number of benzene rings is 1. The lowest BCUT2D eigenvalue weighted by molar-refractivity contribution is -0.143. The summed E-state index contributed by atoms with van der Waals surface area (Å²) in [5.41, 5.74) is 2.04. The Morgan fingerprint density at radius 1 is 1.28 bits per heavy atom. The minimum absolute atomic E-state index is 0.0171. The van der Waals surface area contributed by atoms with Crippen LogP contribution in [0, 0.1) is 12.8 Å². The van der Waals surface area contributed by atoms with Crippen molar-refractivity contribution in [2.75, 3.05) is 17.7 Å². The monoisotopic (exact) mass is 361 g/mol. The van der Waals surface area contributed by atoms with Crippen LogP contribution in [0.15, 0.2) is 34.3 Å². The molecular formula is C17H19N3O4S. The second kappa shape index (κ2) is 8.57. The van der Waals surface area contributed by atoms with Crippen molar-refractivity contribution in [3.63, 3.8) is 0 Å². The van der Waals surface area contributed by atoms with Crippen molar-refractivity contribution in [1.29, 1.82) is 0 Å². The number of hydrogen-bond acceptors (Lipinski definition) is 5. The first-order chi connectivity index (χ1) is 11.9. The summed E-state index contributed by atoms with van der Waals surface area (Å²) in [6, 6.07) is 6.73. The van der Waals surface area contributed by atoms with Crippen molar-refractivity contribution < 1.29 is 19.1 Å². The molecule has 0 spiro atoms. The molecule has 8 heteroatoms. The van der Waals surface area contributed by atoms with Gasteiger partial charge in [-0.2, -0.15) is 9.98 Å². The van der Waals surface area contributed by atoms with Crippen molar-refractivity contribution in [2.24, 2.45) is 15.9 Å². The lowest BCUT2D eigenvalue weighted by Gasteiger charge is -2.19. The van der Waals surface area contributed by atoms with E-state index in [9.17, 15) is 14.4 Å². The van der Waals surface area contributed by atoms with Gasteiger partial charge in [-0.15, -0.1) is 0 Å². The topological polar surface area (TPSA) is 97.2 Å². The first kappa shape index (κ1) is 18.9. The van der Waals surface area contributed by atoms with Crippen molar-refractivity contribution in [1.82, 2.24) is 0 Å². The Labute approximate surface area is 150 Å². The van der Waals surface area contributed by atoms with Gasteiger partial charge >= 0.3 is 12.0 Å². The van der Waals surface area contributed by atoms with E-state index in [2.05, 4.69) is 15.3 Å². The summed E-state index contributed by atoms with van der Waals surface area (Å²) in [5, 5.41) is 3.00. The van der Waals surface area contributed by atoms with Crippen LogP contribution in [-0.4, -0.2) is 41.0 Å². The molecular weight excluding hydrogens is 342 g/mol. The molecule has 1 unspecified atom stereocenters. The maximum Gasteiger partial charge on any atom is 0.367 e. The molecule has 132 valence electrons. The van der Waals surface area contributed by atoms with Crippen LogP contribution in [0.2, 0.25) is 0 Å². The molecule has 7 nitrogen and oxygen atoms in total. The van der Waals surface area contributed by atoms with E-state index in [4.69, 9.17) is 4.74 Å². The number of carbonyl (C=O) groups excluding carboxylic acids is 3. The van der Waals surface area contributed by atoms with E-state index < -0.39 is 17.9 Å². The van der Waals surface area contributed by atoms with E-state index in [-0.39, 0.29) is 23.3 Å². The van der Waals surface area contributed by atoms with Gasteiger partial charge in [-0.3, -0.25) is 9.59 Å². The maximum absolute atomic E-state index is 12.1. The number of urea groups is 1. The molecule has 25 heavy (non-hydrogen) atoms. The summed E-state index contributed by atoms with van der Waals surface area (Å²) < 4.78 is 5.01. The summed E-state index contributed by atoms with van der Waals surface area (Å²) in [4.78, 5) is 43.2. The molecule has 0 fully saturated rings. The molecule has 0 radical (unpaired) electrons. The fraction of sp³-hybridized carbons (Fsp3) is 0.353. The van der Waals surface area contributed by atoms with Gasteiger partial charge in [0.15, 0.2) is 0 Å². The van der Waals surface area contributed by atoms with Gasteiger partial charge in [0, 0.05) is 11.4 Å². The van der Waals surface area contributed by atoms with Crippen LogP contribution < -0.4 is 5.32 Å². The van der Waals surface area contributed by atoms with Crippen LogP contribution in [0.1, 0.15) is 19.4 Å². The highest BCUT2D eigenvalue weighted by Gasteiger charge is 2.33. The zero-order valence-electron chi connectivity index (χ0n) is 14.2. The molecule has 0 saturated heterocycles. The molecule has 3 amide bonds. The molecule has 1 atom stereocenters. The Balaban J connectivity index is 2.02. The van der Waals surface area contributed by atoms with E-state index in [1.54, 1.807) is 19.9 Å². The zero-order chi connectivity index (χ0) is 18.4. The number of thioether (sulfide) groups is 1. The highest BCUT2D eigenvalue weighted by molar-refractivity contribution is 8.14. The third kappa shape index (κ3) is 5.25. The number of nitrogens with zero attached hydrogens (tertiary/aromatic N) is 2. The van der Waals surface area contributed by atoms with Gasteiger partial charge in [0.2, 0.25) is 5.91 Å². The normalized spacial score (nSPS) is 16.8.